The van der Waals surface area contributed by atoms with Crippen LogP contribution in [0.15, 0.2) is 18.2 Å². The van der Waals surface area contributed by atoms with Crippen LogP contribution in [0.5, 0.6) is 0 Å². The van der Waals surface area contributed by atoms with E-state index in [-0.39, 0.29) is 24.2 Å². The van der Waals surface area contributed by atoms with Crippen molar-refractivity contribution in [2.24, 2.45) is 5.92 Å². The molecule has 0 aromatic heterocycles. The molecular weight excluding hydrogens is 299 g/mol. The van der Waals surface area contributed by atoms with Gasteiger partial charge in [0, 0.05) is 24.5 Å². The first-order chi connectivity index (χ1) is 9.52. The fraction of sp³-hybridized carbons (Fsp3) is 0.429. The summed E-state index contributed by atoms with van der Waals surface area (Å²) in [5.74, 6) is -0.518. The number of benzene rings is 1. The number of carbonyl (C=O) groups excluding carboxylic acids is 2. The monoisotopic (exact) mass is 314 g/mol. The van der Waals surface area contributed by atoms with Gasteiger partial charge in [-0.15, -0.1) is 0 Å². The van der Waals surface area contributed by atoms with Crippen molar-refractivity contribution in [1.82, 2.24) is 5.32 Å². The fourth-order valence-electron chi connectivity index (χ4n) is 2.20. The highest BCUT2D eigenvalue weighted by Crippen LogP contribution is 2.33. The maximum absolute atomic E-state index is 12.1. The Morgan fingerprint density at radius 3 is 2.90 bits per heavy atom. The summed E-state index contributed by atoms with van der Waals surface area (Å²) in [6.07, 6.45) is 1.08. The molecule has 0 saturated carbocycles. The summed E-state index contributed by atoms with van der Waals surface area (Å²) < 4.78 is 0. The summed E-state index contributed by atoms with van der Waals surface area (Å²) in [5.41, 5.74) is 0.565. The smallest absolute Gasteiger partial charge is 0.227 e. The maximum Gasteiger partial charge on any atom is 0.227 e. The molecule has 1 aromatic rings. The zero-order valence-corrected chi connectivity index (χ0v) is 12.7. The lowest BCUT2D eigenvalue weighted by Crippen LogP contribution is -2.33. The van der Waals surface area contributed by atoms with Crippen LogP contribution in [0.1, 0.15) is 19.8 Å². The predicted octanol–water partition coefficient (Wildman–Crippen LogP) is 2.87. The van der Waals surface area contributed by atoms with E-state index in [1.54, 1.807) is 18.2 Å². The van der Waals surface area contributed by atoms with Crippen molar-refractivity contribution in [3.8, 4) is 0 Å². The van der Waals surface area contributed by atoms with E-state index in [0.717, 1.165) is 6.42 Å². The summed E-state index contributed by atoms with van der Waals surface area (Å²) in [6.45, 7) is 2.95. The topological polar surface area (TPSA) is 49.4 Å². The molecule has 0 aliphatic carbocycles. The second kappa shape index (κ2) is 6.46. The lowest BCUT2D eigenvalue weighted by Gasteiger charge is -2.18. The molecule has 4 nitrogen and oxygen atoms in total. The van der Waals surface area contributed by atoms with Crippen LogP contribution in [-0.4, -0.2) is 24.9 Å². The first kappa shape index (κ1) is 15.1. The van der Waals surface area contributed by atoms with Crippen LogP contribution < -0.4 is 10.2 Å². The quantitative estimate of drug-likeness (QED) is 0.929. The normalized spacial score (nSPS) is 18.4. The average Bonchev–Trinajstić information content (AvgIpc) is 2.81. The Morgan fingerprint density at radius 2 is 2.20 bits per heavy atom. The van der Waals surface area contributed by atoms with Crippen molar-refractivity contribution < 1.29 is 9.59 Å². The zero-order chi connectivity index (χ0) is 14.7. The molecule has 1 fully saturated rings. The molecule has 1 N–H and O–H groups in total. The third-order valence-corrected chi connectivity index (χ3v) is 3.80. The molecule has 1 unspecified atom stereocenters. The molecule has 0 spiro atoms. The van der Waals surface area contributed by atoms with Gasteiger partial charge in [-0.05, 0) is 24.6 Å². The van der Waals surface area contributed by atoms with E-state index in [1.165, 1.54) is 4.90 Å². The Bertz CT molecular complexity index is 534. The summed E-state index contributed by atoms with van der Waals surface area (Å²) in [6, 6.07) is 4.96. The Labute approximate surface area is 128 Å². The van der Waals surface area contributed by atoms with Crippen molar-refractivity contribution in [2.75, 3.05) is 18.0 Å². The van der Waals surface area contributed by atoms with E-state index in [0.29, 0.717) is 28.8 Å². The number of rotatable bonds is 4. The van der Waals surface area contributed by atoms with E-state index in [2.05, 4.69) is 5.32 Å². The average molecular weight is 315 g/mol. The van der Waals surface area contributed by atoms with Gasteiger partial charge in [0.05, 0.1) is 16.6 Å². The van der Waals surface area contributed by atoms with Crippen LogP contribution in [0.2, 0.25) is 10.0 Å². The van der Waals surface area contributed by atoms with E-state index < -0.39 is 0 Å². The van der Waals surface area contributed by atoms with Crippen molar-refractivity contribution in [2.45, 2.75) is 19.8 Å². The Morgan fingerprint density at radius 1 is 1.45 bits per heavy atom. The fourth-order valence-corrected chi connectivity index (χ4v) is 2.59. The number of nitrogens with one attached hydrogen (secondary N) is 1. The lowest BCUT2D eigenvalue weighted by molar-refractivity contribution is -0.126. The van der Waals surface area contributed by atoms with Crippen LogP contribution in [0.3, 0.4) is 0 Å². The van der Waals surface area contributed by atoms with E-state index in [9.17, 15) is 9.59 Å². The number of hydrogen-bond acceptors (Lipinski definition) is 2. The van der Waals surface area contributed by atoms with Crippen LogP contribution >= 0.6 is 23.2 Å². The molecule has 2 amide bonds. The second-order valence-corrected chi connectivity index (χ2v) is 5.64. The van der Waals surface area contributed by atoms with Gasteiger partial charge in [-0.3, -0.25) is 9.59 Å². The van der Waals surface area contributed by atoms with Crippen LogP contribution in [-0.2, 0) is 9.59 Å². The van der Waals surface area contributed by atoms with E-state index in [1.807, 2.05) is 6.92 Å². The number of carbonyl (C=O) groups is 2. The highest BCUT2D eigenvalue weighted by atomic mass is 35.5. The first-order valence-electron chi connectivity index (χ1n) is 6.56. The summed E-state index contributed by atoms with van der Waals surface area (Å²) in [4.78, 5) is 25.5. The Hall–Kier alpha value is -1.26. The maximum atomic E-state index is 12.1. The van der Waals surface area contributed by atoms with Crippen LogP contribution in [0.25, 0.3) is 0 Å². The minimum Gasteiger partial charge on any atom is -0.356 e. The van der Waals surface area contributed by atoms with Crippen molar-refractivity contribution >= 4 is 40.7 Å². The standard InChI is InChI=1S/C14H16Cl2N2O2/c1-2-5-17-14(20)9-6-13(19)18(8-9)12-7-10(15)3-4-11(12)16/h3-4,7,9H,2,5-6,8H2,1H3,(H,17,20). The molecular formula is C14H16Cl2N2O2. The third-order valence-electron chi connectivity index (χ3n) is 3.24. The molecule has 1 heterocycles. The Kier molecular flexibility index (Phi) is 4.89. The van der Waals surface area contributed by atoms with Crippen molar-refractivity contribution in [3.63, 3.8) is 0 Å². The molecule has 0 radical (unpaired) electrons. The van der Waals surface area contributed by atoms with E-state index in [4.69, 9.17) is 23.2 Å². The Balaban J connectivity index is 2.13. The third kappa shape index (κ3) is 3.25. The van der Waals surface area contributed by atoms with Gasteiger partial charge in [0.25, 0.3) is 0 Å². The predicted molar refractivity (Wildman–Crippen MR) is 80.2 cm³/mol. The molecule has 1 aromatic carbocycles. The highest BCUT2D eigenvalue weighted by molar-refractivity contribution is 6.35. The van der Waals surface area contributed by atoms with Gasteiger partial charge in [0.15, 0.2) is 0 Å². The van der Waals surface area contributed by atoms with Gasteiger partial charge < -0.3 is 10.2 Å². The first-order valence-corrected chi connectivity index (χ1v) is 7.31. The zero-order valence-electron chi connectivity index (χ0n) is 11.2. The molecule has 20 heavy (non-hydrogen) atoms. The van der Waals surface area contributed by atoms with Crippen molar-refractivity contribution in [3.05, 3.63) is 28.2 Å². The largest absolute Gasteiger partial charge is 0.356 e. The molecule has 6 heteroatoms. The highest BCUT2D eigenvalue weighted by Gasteiger charge is 2.35. The summed E-state index contributed by atoms with van der Waals surface area (Å²) >= 11 is 12.0. The number of halogens is 2. The van der Waals surface area contributed by atoms with Crippen LogP contribution in [0, 0.1) is 5.92 Å². The van der Waals surface area contributed by atoms with E-state index >= 15 is 0 Å². The van der Waals surface area contributed by atoms with Crippen LogP contribution in [0.4, 0.5) is 5.69 Å². The van der Waals surface area contributed by atoms with Gasteiger partial charge in [-0.2, -0.15) is 0 Å². The lowest BCUT2D eigenvalue weighted by atomic mass is 10.1. The van der Waals surface area contributed by atoms with Crippen molar-refractivity contribution in [1.29, 1.82) is 0 Å². The molecule has 1 aliphatic rings. The number of anilines is 1. The molecule has 0 bridgehead atoms. The van der Waals surface area contributed by atoms with Gasteiger partial charge in [0.1, 0.15) is 0 Å². The molecule has 2 rings (SSSR count). The number of nitrogens with zero attached hydrogens (tertiary/aromatic N) is 1. The SMILES string of the molecule is CCCNC(=O)C1CC(=O)N(c2cc(Cl)ccc2Cl)C1. The van der Waals surface area contributed by atoms with Gasteiger partial charge in [-0.1, -0.05) is 30.1 Å². The van der Waals surface area contributed by atoms with Gasteiger partial charge in [-0.25, -0.2) is 0 Å². The number of hydrogen-bond donors (Lipinski definition) is 1. The van der Waals surface area contributed by atoms with Gasteiger partial charge in [0.2, 0.25) is 11.8 Å². The molecule has 1 atom stereocenters. The minimum atomic E-state index is -0.330. The molecule has 1 aliphatic heterocycles. The minimum absolute atomic E-state index is 0.0825. The summed E-state index contributed by atoms with van der Waals surface area (Å²) in [7, 11) is 0. The molecule has 108 valence electrons. The second-order valence-electron chi connectivity index (χ2n) is 4.79. The van der Waals surface area contributed by atoms with Gasteiger partial charge >= 0.3 is 0 Å². The summed E-state index contributed by atoms with van der Waals surface area (Å²) in [5, 5.41) is 3.78. The molecule has 1 saturated heterocycles. The number of amides is 2.